The van der Waals surface area contributed by atoms with Crippen molar-refractivity contribution in [3.8, 4) is 0 Å². The Morgan fingerprint density at radius 1 is 1.20 bits per heavy atom. The third-order valence-electron chi connectivity index (χ3n) is 0.354. The van der Waals surface area contributed by atoms with Crippen LogP contribution in [-0.2, 0) is 4.74 Å². The van der Waals surface area contributed by atoms with Gasteiger partial charge in [0.25, 0.3) is 0 Å². The SMILES string of the molecule is FC(Cl)=C(Cl)OC(F)(F)F. The Kier molecular flexibility index (Phi) is 3.24. The lowest BCUT2D eigenvalue weighted by Gasteiger charge is -2.05. The molecule has 60 valence electrons. The second-order valence-corrected chi connectivity index (χ2v) is 1.76. The van der Waals surface area contributed by atoms with Crippen LogP contribution in [-0.4, -0.2) is 6.36 Å². The number of hydrogen-bond acceptors (Lipinski definition) is 1. The van der Waals surface area contributed by atoms with Crippen molar-refractivity contribution in [1.29, 1.82) is 0 Å². The lowest BCUT2D eigenvalue weighted by molar-refractivity contribution is -0.301. The molecule has 0 aliphatic carbocycles. The number of rotatable bonds is 1. The van der Waals surface area contributed by atoms with Gasteiger partial charge in [-0.2, -0.15) is 4.39 Å². The second kappa shape index (κ2) is 3.30. The average Bonchev–Trinajstić information content (AvgIpc) is 1.60. The zero-order valence-corrected chi connectivity index (χ0v) is 5.69. The van der Waals surface area contributed by atoms with Gasteiger partial charge in [0, 0.05) is 0 Å². The van der Waals surface area contributed by atoms with E-state index < -0.39 is 16.9 Å². The predicted molar refractivity (Wildman–Crippen MR) is 27.0 cm³/mol. The minimum atomic E-state index is -5.01. The number of halogens is 6. The summed E-state index contributed by atoms with van der Waals surface area (Å²) in [7, 11) is 0. The van der Waals surface area contributed by atoms with E-state index in [1.807, 2.05) is 0 Å². The Hall–Kier alpha value is -0.160. The first-order chi connectivity index (χ1) is 4.33. The van der Waals surface area contributed by atoms with Crippen molar-refractivity contribution in [2.24, 2.45) is 0 Å². The minimum Gasteiger partial charge on any atom is -0.390 e. The zero-order chi connectivity index (χ0) is 8.36. The molecule has 0 aromatic carbocycles. The first-order valence-corrected chi connectivity index (χ1v) is 2.55. The van der Waals surface area contributed by atoms with Crippen LogP contribution in [0.3, 0.4) is 0 Å². The minimum absolute atomic E-state index is 1.52. The number of alkyl halides is 3. The summed E-state index contributed by atoms with van der Waals surface area (Å²) in [6, 6.07) is 0. The van der Waals surface area contributed by atoms with Crippen LogP contribution >= 0.6 is 23.2 Å². The van der Waals surface area contributed by atoms with Crippen molar-refractivity contribution in [2.45, 2.75) is 6.36 Å². The van der Waals surface area contributed by atoms with Crippen LogP contribution in [0.25, 0.3) is 0 Å². The van der Waals surface area contributed by atoms with Gasteiger partial charge in [-0.3, -0.25) is 0 Å². The highest BCUT2D eigenvalue weighted by atomic mass is 35.5. The standard InChI is InChI=1S/C3Cl2F4O/c4-1(6)2(5)10-3(7,8)9. The molecule has 0 aliphatic rings. The summed E-state index contributed by atoms with van der Waals surface area (Å²) in [4.78, 5) is 0. The lowest BCUT2D eigenvalue weighted by atomic mass is 11.0. The Labute approximate surface area is 63.2 Å². The fourth-order valence-electron chi connectivity index (χ4n) is 0.140. The first kappa shape index (κ1) is 9.84. The van der Waals surface area contributed by atoms with Crippen LogP contribution in [0.1, 0.15) is 0 Å². The van der Waals surface area contributed by atoms with Gasteiger partial charge in [-0.15, -0.1) is 13.2 Å². The van der Waals surface area contributed by atoms with Crippen LogP contribution in [0.15, 0.2) is 10.5 Å². The average molecular weight is 199 g/mol. The van der Waals surface area contributed by atoms with Crippen molar-refractivity contribution < 1.29 is 22.3 Å². The Balaban J connectivity index is 4.06. The third-order valence-corrected chi connectivity index (χ3v) is 0.865. The van der Waals surface area contributed by atoms with Gasteiger partial charge in [-0.25, -0.2) is 0 Å². The lowest BCUT2D eigenvalue weighted by Crippen LogP contribution is -2.10. The largest absolute Gasteiger partial charge is 0.573 e. The van der Waals surface area contributed by atoms with Gasteiger partial charge in [0.15, 0.2) is 0 Å². The molecule has 0 amide bonds. The Bertz CT molecular complexity index is 147. The fourth-order valence-corrected chi connectivity index (χ4v) is 0.266. The quantitative estimate of drug-likeness (QED) is 0.465. The molecule has 0 aromatic rings. The van der Waals surface area contributed by atoms with E-state index in [9.17, 15) is 17.6 Å². The van der Waals surface area contributed by atoms with E-state index in [4.69, 9.17) is 0 Å². The van der Waals surface area contributed by atoms with Crippen LogP contribution in [0.2, 0.25) is 0 Å². The molecule has 0 spiro atoms. The van der Waals surface area contributed by atoms with Gasteiger partial charge < -0.3 is 4.74 Å². The third kappa shape index (κ3) is 4.69. The van der Waals surface area contributed by atoms with Gasteiger partial charge in [-0.1, -0.05) is 0 Å². The molecule has 10 heavy (non-hydrogen) atoms. The van der Waals surface area contributed by atoms with E-state index in [-0.39, 0.29) is 0 Å². The molecule has 1 nitrogen and oxygen atoms in total. The maximum absolute atomic E-state index is 11.5. The second-order valence-electron chi connectivity index (χ2n) is 1.08. The van der Waals surface area contributed by atoms with Crippen molar-refractivity contribution in [2.75, 3.05) is 0 Å². The van der Waals surface area contributed by atoms with Crippen LogP contribution in [0.4, 0.5) is 17.6 Å². The predicted octanol–water partition coefficient (Wildman–Crippen LogP) is 3.10. The zero-order valence-electron chi connectivity index (χ0n) is 4.18. The molecule has 0 saturated heterocycles. The summed E-state index contributed by atoms with van der Waals surface area (Å²) >= 11 is 8.92. The molecule has 7 heteroatoms. The molecule has 0 bridgehead atoms. The summed E-state index contributed by atoms with van der Waals surface area (Å²) < 4.78 is 47.7. The van der Waals surface area contributed by atoms with E-state index >= 15 is 0 Å². The number of ether oxygens (including phenoxy) is 1. The van der Waals surface area contributed by atoms with E-state index in [1.54, 1.807) is 0 Å². The molecular formula is C3Cl2F4O. The highest BCUT2D eigenvalue weighted by molar-refractivity contribution is 6.37. The summed E-state index contributed by atoms with van der Waals surface area (Å²) in [5.74, 6) is 0. The van der Waals surface area contributed by atoms with E-state index in [0.717, 1.165) is 0 Å². The topological polar surface area (TPSA) is 9.23 Å². The van der Waals surface area contributed by atoms with E-state index in [2.05, 4.69) is 27.9 Å². The van der Waals surface area contributed by atoms with Gasteiger partial charge in [0.2, 0.25) is 10.5 Å². The molecule has 0 atom stereocenters. The van der Waals surface area contributed by atoms with Gasteiger partial charge >= 0.3 is 6.36 Å². The van der Waals surface area contributed by atoms with Crippen molar-refractivity contribution >= 4 is 23.2 Å². The molecule has 0 N–H and O–H groups in total. The van der Waals surface area contributed by atoms with E-state index in [0.29, 0.717) is 0 Å². The Morgan fingerprint density at radius 2 is 1.60 bits per heavy atom. The summed E-state index contributed by atoms with van der Waals surface area (Å²) in [6.45, 7) is 0. The van der Waals surface area contributed by atoms with E-state index in [1.165, 1.54) is 0 Å². The molecule has 0 saturated carbocycles. The van der Waals surface area contributed by atoms with Gasteiger partial charge in [0.05, 0.1) is 0 Å². The molecule has 0 aliphatic heterocycles. The molecule has 0 radical (unpaired) electrons. The van der Waals surface area contributed by atoms with Gasteiger partial charge in [0.1, 0.15) is 0 Å². The molecular weight excluding hydrogens is 199 g/mol. The summed E-state index contributed by atoms with van der Waals surface area (Å²) in [6.07, 6.45) is -5.01. The molecule has 0 aromatic heterocycles. The fraction of sp³-hybridized carbons (Fsp3) is 0.333. The molecule has 0 rings (SSSR count). The van der Waals surface area contributed by atoms with Crippen LogP contribution in [0.5, 0.6) is 0 Å². The van der Waals surface area contributed by atoms with Crippen molar-refractivity contribution in [3.63, 3.8) is 0 Å². The highest BCUT2D eigenvalue weighted by Crippen LogP contribution is 2.26. The van der Waals surface area contributed by atoms with Crippen molar-refractivity contribution in [3.05, 3.63) is 10.5 Å². The van der Waals surface area contributed by atoms with Crippen molar-refractivity contribution in [1.82, 2.24) is 0 Å². The summed E-state index contributed by atoms with van der Waals surface area (Å²) in [5, 5.41) is -3.26. The molecule has 0 fully saturated rings. The van der Waals surface area contributed by atoms with Crippen LogP contribution < -0.4 is 0 Å². The first-order valence-electron chi connectivity index (χ1n) is 1.79. The molecule has 0 unspecified atom stereocenters. The maximum Gasteiger partial charge on any atom is 0.573 e. The smallest absolute Gasteiger partial charge is 0.390 e. The number of hydrogen-bond donors (Lipinski definition) is 0. The normalized spacial score (nSPS) is 14.6. The highest BCUT2D eigenvalue weighted by Gasteiger charge is 2.32. The Morgan fingerprint density at radius 3 is 1.70 bits per heavy atom. The monoisotopic (exact) mass is 198 g/mol. The van der Waals surface area contributed by atoms with Gasteiger partial charge in [-0.05, 0) is 23.2 Å². The van der Waals surface area contributed by atoms with Crippen LogP contribution in [0, 0.1) is 0 Å². The summed E-state index contributed by atoms with van der Waals surface area (Å²) in [5.41, 5.74) is 0. The maximum atomic E-state index is 11.5. The molecule has 0 heterocycles.